The predicted octanol–water partition coefficient (Wildman–Crippen LogP) is 2.50. The molecule has 0 unspecified atom stereocenters. The predicted molar refractivity (Wildman–Crippen MR) is 125 cm³/mol. The summed E-state index contributed by atoms with van der Waals surface area (Å²) in [6.45, 7) is 3.62. The number of ether oxygens (including phenoxy) is 1. The maximum absolute atomic E-state index is 12.7. The van der Waals surface area contributed by atoms with Gasteiger partial charge in [-0.25, -0.2) is 4.98 Å². The Morgan fingerprint density at radius 3 is 2.71 bits per heavy atom. The number of nitrogens with zero attached hydrogens (tertiary/aromatic N) is 2. The molecule has 1 aliphatic heterocycles. The molecule has 0 atom stereocenters. The highest BCUT2D eigenvalue weighted by Gasteiger charge is 2.32. The molecule has 2 amide bonds. The first-order valence-corrected chi connectivity index (χ1v) is 9.94. The number of methoxy groups -OCH3 is 1. The maximum Gasteiger partial charge on any atom is 0.251 e. The van der Waals surface area contributed by atoms with Gasteiger partial charge in [0.15, 0.2) is 0 Å². The van der Waals surface area contributed by atoms with E-state index in [0.29, 0.717) is 37.4 Å². The number of carbonyl (C=O) groups excluding carboxylic acids is 2. The quantitative estimate of drug-likeness (QED) is 0.521. The lowest BCUT2D eigenvalue weighted by molar-refractivity contribution is -0.116. The molecule has 0 aliphatic carbocycles. The molecule has 0 spiro atoms. The first-order chi connectivity index (χ1) is 14.1. The Kier molecular flexibility index (Phi) is 11.6. The summed E-state index contributed by atoms with van der Waals surface area (Å²) in [5.74, 6) is -0.251. The van der Waals surface area contributed by atoms with Crippen molar-refractivity contribution in [2.24, 2.45) is 5.41 Å². The second-order valence-corrected chi connectivity index (χ2v) is 7.55. The number of benzene rings is 1. The molecule has 3 N–H and O–H groups in total. The molecule has 2 heterocycles. The number of aryl methyl sites for hydroxylation is 1. The fraction of sp³-hybridized carbons (Fsp3) is 0.476. The third-order valence-corrected chi connectivity index (χ3v) is 5.30. The number of hydrogen-bond donors (Lipinski definition) is 3. The van der Waals surface area contributed by atoms with Crippen molar-refractivity contribution in [2.45, 2.75) is 25.8 Å². The topological polar surface area (TPSA) is 97.3 Å². The maximum atomic E-state index is 12.7. The minimum atomic E-state index is -0.145. The van der Waals surface area contributed by atoms with Crippen molar-refractivity contribution in [3.05, 3.63) is 48.5 Å². The number of rotatable bonds is 9. The summed E-state index contributed by atoms with van der Waals surface area (Å²) < 4.78 is 7.25. The summed E-state index contributed by atoms with van der Waals surface area (Å²) in [7, 11) is 1.70. The Balaban J connectivity index is 0.00000240. The van der Waals surface area contributed by atoms with E-state index in [0.717, 1.165) is 25.9 Å². The Bertz CT molecular complexity index is 806. The van der Waals surface area contributed by atoms with Gasteiger partial charge in [0.1, 0.15) is 0 Å². The molecule has 1 saturated heterocycles. The van der Waals surface area contributed by atoms with E-state index in [1.165, 1.54) is 0 Å². The van der Waals surface area contributed by atoms with Crippen LogP contribution in [0.4, 0.5) is 5.69 Å². The van der Waals surface area contributed by atoms with Gasteiger partial charge >= 0.3 is 0 Å². The molecular weight excluding hydrogens is 441 g/mol. The molecule has 1 aliphatic rings. The minimum Gasteiger partial charge on any atom is -0.384 e. The van der Waals surface area contributed by atoms with Gasteiger partial charge in [0.25, 0.3) is 5.91 Å². The van der Waals surface area contributed by atoms with Gasteiger partial charge in [-0.2, -0.15) is 0 Å². The first kappa shape index (κ1) is 26.9. The van der Waals surface area contributed by atoms with Crippen LogP contribution in [0.3, 0.4) is 0 Å². The number of hydrogen-bond acceptors (Lipinski definition) is 5. The monoisotopic (exact) mass is 471 g/mol. The number of nitrogens with one attached hydrogen (secondary N) is 3. The molecule has 10 heteroatoms. The van der Waals surface area contributed by atoms with Crippen LogP contribution in [0.5, 0.6) is 0 Å². The van der Waals surface area contributed by atoms with Gasteiger partial charge in [-0.3, -0.25) is 9.59 Å². The van der Waals surface area contributed by atoms with E-state index >= 15 is 0 Å². The molecule has 3 rings (SSSR count). The SMILES string of the molecule is COCC1(CNC(=O)c2cccc(NC(=O)CCn3ccnc3)c2)CCNCC1.Cl.Cl. The lowest BCUT2D eigenvalue weighted by atomic mass is 9.79. The number of halogens is 2. The van der Waals surface area contributed by atoms with E-state index in [2.05, 4.69) is 20.9 Å². The van der Waals surface area contributed by atoms with E-state index in [-0.39, 0.29) is 42.0 Å². The Morgan fingerprint density at radius 1 is 1.26 bits per heavy atom. The number of piperidine rings is 1. The van der Waals surface area contributed by atoms with E-state index < -0.39 is 0 Å². The van der Waals surface area contributed by atoms with Crippen LogP contribution in [0.15, 0.2) is 43.0 Å². The van der Waals surface area contributed by atoms with Gasteiger partial charge in [0, 0.05) is 55.7 Å². The molecule has 2 aromatic rings. The minimum absolute atomic E-state index is 0. The van der Waals surface area contributed by atoms with Crippen molar-refractivity contribution in [3.63, 3.8) is 0 Å². The van der Waals surface area contributed by atoms with Crippen LogP contribution in [0.1, 0.15) is 29.6 Å². The Hall–Kier alpha value is -2.13. The molecular formula is C21H31Cl2N5O3. The smallest absolute Gasteiger partial charge is 0.251 e. The highest BCUT2D eigenvalue weighted by molar-refractivity contribution is 5.97. The van der Waals surface area contributed by atoms with Gasteiger partial charge in [0.05, 0.1) is 12.9 Å². The van der Waals surface area contributed by atoms with Crippen molar-refractivity contribution in [1.29, 1.82) is 0 Å². The van der Waals surface area contributed by atoms with Crippen LogP contribution in [-0.4, -0.2) is 54.7 Å². The van der Waals surface area contributed by atoms with Gasteiger partial charge in [-0.05, 0) is 44.1 Å². The van der Waals surface area contributed by atoms with E-state index in [9.17, 15) is 9.59 Å². The van der Waals surface area contributed by atoms with Crippen molar-refractivity contribution < 1.29 is 14.3 Å². The van der Waals surface area contributed by atoms with Crippen LogP contribution in [0.2, 0.25) is 0 Å². The zero-order chi connectivity index (χ0) is 20.5. The molecule has 1 aromatic heterocycles. The number of anilines is 1. The molecule has 1 aromatic carbocycles. The summed E-state index contributed by atoms with van der Waals surface area (Å²) in [5, 5.41) is 9.25. The molecule has 1 fully saturated rings. The molecule has 0 bridgehead atoms. The number of carbonyl (C=O) groups is 2. The zero-order valence-corrected chi connectivity index (χ0v) is 19.3. The normalized spacial score (nSPS) is 14.6. The molecule has 172 valence electrons. The van der Waals surface area contributed by atoms with Crippen LogP contribution in [0.25, 0.3) is 0 Å². The fourth-order valence-corrected chi connectivity index (χ4v) is 3.62. The van der Waals surface area contributed by atoms with Crippen LogP contribution >= 0.6 is 24.8 Å². The molecule has 0 saturated carbocycles. The van der Waals surface area contributed by atoms with Gasteiger partial charge < -0.3 is 25.3 Å². The average Bonchev–Trinajstić information content (AvgIpc) is 3.25. The van der Waals surface area contributed by atoms with E-state index in [1.807, 2.05) is 10.8 Å². The molecule has 0 radical (unpaired) electrons. The summed E-state index contributed by atoms with van der Waals surface area (Å²) >= 11 is 0. The highest BCUT2D eigenvalue weighted by atomic mass is 35.5. The number of imidazole rings is 1. The molecule has 8 nitrogen and oxygen atoms in total. The third kappa shape index (κ3) is 8.14. The first-order valence-electron chi connectivity index (χ1n) is 9.94. The summed E-state index contributed by atoms with van der Waals surface area (Å²) in [5.41, 5.74) is 1.11. The lowest BCUT2D eigenvalue weighted by Crippen LogP contribution is -2.47. The van der Waals surface area contributed by atoms with Gasteiger partial charge in [-0.15, -0.1) is 24.8 Å². The second kappa shape index (κ2) is 13.3. The molecule has 31 heavy (non-hydrogen) atoms. The second-order valence-electron chi connectivity index (χ2n) is 7.55. The number of aromatic nitrogens is 2. The van der Waals surface area contributed by atoms with Crippen molar-refractivity contribution in [2.75, 3.05) is 38.7 Å². The highest BCUT2D eigenvalue weighted by Crippen LogP contribution is 2.28. The average molecular weight is 472 g/mol. The standard InChI is InChI=1S/C21H29N5O3.2ClH/c1-29-15-21(6-8-22-9-7-21)14-24-20(28)17-3-2-4-18(13-17)25-19(27)5-11-26-12-10-23-16-26;;/h2-4,10,12-13,16,22H,5-9,11,14-15H2,1H3,(H,24,28)(H,25,27);2*1H. The Labute approximate surface area is 195 Å². The van der Waals surface area contributed by atoms with Crippen LogP contribution in [-0.2, 0) is 16.1 Å². The van der Waals surface area contributed by atoms with Crippen LogP contribution < -0.4 is 16.0 Å². The summed E-state index contributed by atoms with van der Waals surface area (Å²) in [6, 6.07) is 7.01. The van der Waals surface area contributed by atoms with Gasteiger partial charge in [-0.1, -0.05) is 6.07 Å². The summed E-state index contributed by atoms with van der Waals surface area (Å²) in [6.07, 6.45) is 7.44. The largest absolute Gasteiger partial charge is 0.384 e. The zero-order valence-electron chi connectivity index (χ0n) is 17.6. The van der Waals surface area contributed by atoms with Gasteiger partial charge in [0.2, 0.25) is 5.91 Å². The van der Waals surface area contributed by atoms with Crippen LogP contribution in [0, 0.1) is 5.41 Å². The van der Waals surface area contributed by atoms with Crippen molar-refractivity contribution >= 4 is 42.3 Å². The third-order valence-electron chi connectivity index (χ3n) is 5.30. The summed E-state index contributed by atoms with van der Waals surface area (Å²) in [4.78, 5) is 28.8. The van der Waals surface area contributed by atoms with E-state index in [4.69, 9.17) is 4.74 Å². The fourth-order valence-electron chi connectivity index (χ4n) is 3.62. The van der Waals surface area contributed by atoms with Crippen molar-refractivity contribution in [1.82, 2.24) is 20.2 Å². The lowest BCUT2D eigenvalue weighted by Gasteiger charge is -2.37. The van der Waals surface area contributed by atoms with Crippen molar-refractivity contribution in [3.8, 4) is 0 Å². The van der Waals surface area contributed by atoms with E-state index in [1.54, 1.807) is 43.9 Å². The number of amides is 2. The Morgan fingerprint density at radius 2 is 2.03 bits per heavy atom.